The van der Waals surface area contributed by atoms with E-state index in [9.17, 15) is 3.89 Å². The van der Waals surface area contributed by atoms with Crippen molar-refractivity contribution in [1.82, 2.24) is 0 Å². The van der Waals surface area contributed by atoms with Crippen molar-refractivity contribution >= 4 is 71.0 Å². The Morgan fingerprint density at radius 1 is 0.607 bits per heavy atom. The summed E-state index contributed by atoms with van der Waals surface area (Å²) in [6.07, 6.45) is 14.4. The summed E-state index contributed by atoms with van der Waals surface area (Å²) in [7, 11) is 0. The van der Waals surface area contributed by atoms with E-state index >= 15 is 0 Å². The largest absolute Gasteiger partial charge is 0.163 e. The van der Waals surface area contributed by atoms with Crippen molar-refractivity contribution in [2.75, 3.05) is 29.3 Å². The number of unbranched alkanes of at least 4 members (excludes halogenated alkanes) is 4. The Hall–Kier alpha value is 2.03. The highest BCUT2D eigenvalue weighted by molar-refractivity contribution is 8.33. The predicted molar refractivity (Wildman–Crippen MR) is 146 cm³/mol. The molecule has 170 valence electrons. The van der Waals surface area contributed by atoms with E-state index in [0.717, 1.165) is 18.6 Å². The third-order valence-corrected chi connectivity index (χ3v) is 14.4. The summed E-state index contributed by atoms with van der Waals surface area (Å²) < 4.78 is 13.6. The van der Waals surface area contributed by atoms with E-state index < -0.39 is 0 Å². The fraction of sp³-hybridized carbons (Fsp3) is 1.00. The molecule has 28 heavy (non-hydrogen) atoms. The quantitative estimate of drug-likeness (QED) is 0.111. The number of hydrogen-bond acceptors (Lipinski definition) is 6. The highest BCUT2D eigenvalue weighted by atomic mass is 32.3. The fourth-order valence-corrected chi connectivity index (χ4v) is 11.0. The van der Waals surface area contributed by atoms with Crippen LogP contribution < -0.4 is 0 Å². The number of hydrogen-bond donors (Lipinski definition) is 0. The molecule has 0 rings (SSSR count). The van der Waals surface area contributed by atoms with Crippen LogP contribution in [-0.4, -0.2) is 36.1 Å². The highest BCUT2D eigenvalue weighted by Gasteiger charge is 2.33. The molecule has 2 unspecified atom stereocenters. The van der Waals surface area contributed by atoms with Gasteiger partial charge in [0.05, 0.1) is 12.1 Å². The second kappa shape index (κ2) is 19.7. The molecule has 0 heterocycles. The molecule has 0 N–H and O–H groups in total. The van der Waals surface area contributed by atoms with Crippen molar-refractivity contribution in [2.45, 2.75) is 98.7 Å². The van der Waals surface area contributed by atoms with Crippen molar-refractivity contribution in [2.24, 2.45) is 0 Å². The lowest BCUT2D eigenvalue weighted by Crippen LogP contribution is -2.19. The first-order chi connectivity index (χ1) is 13.6. The van der Waals surface area contributed by atoms with Crippen molar-refractivity contribution in [3.05, 3.63) is 0 Å². The van der Waals surface area contributed by atoms with Crippen LogP contribution >= 0.6 is 71.0 Å². The average Bonchev–Trinajstić information content (AvgIpc) is 2.72. The van der Waals surface area contributed by atoms with Gasteiger partial charge in [0.25, 0.3) is 0 Å². The summed E-state index contributed by atoms with van der Waals surface area (Å²) in [5.74, 6) is 4.79. The Balaban J connectivity index is 4.83. The zero-order chi connectivity index (χ0) is 21.1. The lowest BCUT2D eigenvalue weighted by atomic mass is 10.2. The Bertz CT molecular complexity index is 341. The molecule has 0 aliphatic rings. The van der Waals surface area contributed by atoms with Crippen LogP contribution in [0.4, 0.5) is 3.89 Å². The summed E-state index contributed by atoms with van der Waals surface area (Å²) in [5, 5.41) is 0. The Morgan fingerprint density at radius 3 is 1.68 bits per heavy atom. The molecule has 0 aromatic heterocycles. The van der Waals surface area contributed by atoms with E-state index in [1.807, 2.05) is 0 Å². The molecule has 2 atom stereocenters. The average molecular weight is 507 g/mol. The van der Waals surface area contributed by atoms with E-state index in [4.69, 9.17) is 0 Å². The molecule has 0 saturated carbocycles. The SMILES string of the molecule is CCCCCSC(CCCCC(SC)(SF)SCC)(SCCC)SCCCC. The van der Waals surface area contributed by atoms with Crippen molar-refractivity contribution in [3.8, 4) is 0 Å². The minimum Gasteiger partial charge on any atom is -0.163 e. The zero-order valence-corrected chi connectivity index (χ0v) is 23.6. The third kappa shape index (κ3) is 13.4. The van der Waals surface area contributed by atoms with Crippen molar-refractivity contribution in [1.29, 1.82) is 0 Å². The van der Waals surface area contributed by atoms with Crippen LogP contribution in [0.3, 0.4) is 0 Å². The van der Waals surface area contributed by atoms with Gasteiger partial charge < -0.3 is 0 Å². The number of halogens is 1. The van der Waals surface area contributed by atoms with Crippen LogP contribution in [0.5, 0.6) is 0 Å². The van der Waals surface area contributed by atoms with Gasteiger partial charge in [-0.3, -0.25) is 0 Å². The second-order valence-corrected chi connectivity index (χ2v) is 16.1. The number of rotatable bonds is 21. The monoisotopic (exact) mass is 506 g/mol. The Kier molecular flexibility index (Phi) is 21.1. The normalized spacial score (nSPS) is 16.1. The minimum absolute atomic E-state index is 0.294. The first kappa shape index (κ1) is 30.0. The lowest BCUT2D eigenvalue weighted by Gasteiger charge is -2.33. The number of thioether (sulfide) groups is 5. The van der Waals surface area contributed by atoms with Gasteiger partial charge in [0.1, 0.15) is 6.82 Å². The molecule has 0 spiro atoms. The summed E-state index contributed by atoms with van der Waals surface area (Å²) in [5.41, 5.74) is 0. The van der Waals surface area contributed by atoms with Gasteiger partial charge in [-0.2, -0.15) is 3.89 Å². The molecule has 0 aliphatic carbocycles. The van der Waals surface area contributed by atoms with Gasteiger partial charge in [-0.25, -0.2) is 0 Å². The maximum Gasteiger partial charge on any atom is 0.138 e. The molecule has 0 saturated heterocycles. The van der Waals surface area contributed by atoms with Crippen LogP contribution in [0.2, 0.25) is 0 Å². The molecule has 0 bridgehead atoms. The van der Waals surface area contributed by atoms with Crippen LogP contribution in [0.1, 0.15) is 91.9 Å². The smallest absolute Gasteiger partial charge is 0.138 e. The summed E-state index contributed by atoms with van der Waals surface area (Å²) in [6.45, 7) is 9.01. The maximum absolute atomic E-state index is 13.6. The lowest BCUT2D eigenvalue weighted by molar-refractivity contribution is 0.666. The van der Waals surface area contributed by atoms with Gasteiger partial charge in [0, 0.05) is 0 Å². The highest BCUT2D eigenvalue weighted by Crippen LogP contribution is 2.53. The Labute approximate surface area is 201 Å². The Morgan fingerprint density at radius 2 is 1.18 bits per heavy atom. The van der Waals surface area contributed by atoms with Crippen molar-refractivity contribution in [3.63, 3.8) is 0 Å². The van der Waals surface area contributed by atoms with Gasteiger partial charge in [0.15, 0.2) is 0 Å². The molecule has 0 aromatic rings. The summed E-state index contributed by atoms with van der Waals surface area (Å²) >= 11 is 10.6. The van der Waals surface area contributed by atoms with E-state index in [-0.39, 0.29) is 3.41 Å². The molecule has 0 fully saturated rings. The van der Waals surface area contributed by atoms with Gasteiger partial charge in [-0.1, -0.05) is 59.8 Å². The molecular weight excluding hydrogens is 464 g/mol. The molecule has 7 heteroatoms. The first-order valence-electron chi connectivity index (χ1n) is 11.0. The summed E-state index contributed by atoms with van der Waals surface area (Å²) in [4.78, 5) is 0. The molecule has 0 aromatic carbocycles. The van der Waals surface area contributed by atoms with E-state index in [1.54, 1.807) is 23.5 Å². The van der Waals surface area contributed by atoms with Crippen LogP contribution in [0.15, 0.2) is 0 Å². The third-order valence-electron chi connectivity index (χ3n) is 4.42. The fourth-order valence-electron chi connectivity index (χ4n) is 2.78. The molecule has 0 nitrogen and oxygen atoms in total. The molecule has 0 amide bonds. The van der Waals surface area contributed by atoms with Gasteiger partial charge in [-0.15, -0.1) is 58.8 Å². The molecule has 0 aliphatic heterocycles. The van der Waals surface area contributed by atoms with Gasteiger partial charge in [0.2, 0.25) is 0 Å². The van der Waals surface area contributed by atoms with Crippen LogP contribution in [0, 0.1) is 0 Å². The topological polar surface area (TPSA) is 0 Å². The standard InChI is InChI=1S/C21H43FS6/c1-6-10-14-19-27-21(25-17-8-3,26-18-11-7-2)16-13-12-15-20(23-5,28-22)24-9-4/h6-19H2,1-5H3. The van der Waals surface area contributed by atoms with Crippen LogP contribution in [-0.2, 0) is 0 Å². The second-order valence-electron chi connectivity index (χ2n) is 6.89. The van der Waals surface area contributed by atoms with E-state index in [2.05, 4.69) is 69.2 Å². The van der Waals surface area contributed by atoms with Gasteiger partial charge in [-0.05, 0) is 61.4 Å². The maximum atomic E-state index is 13.6. The van der Waals surface area contributed by atoms with Crippen molar-refractivity contribution < 1.29 is 3.89 Å². The summed E-state index contributed by atoms with van der Waals surface area (Å²) in [6, 6.07) is 0. The first-order valence-corrected chi connectivity index (χ1v) is 16.9. The molecular formula is C21H43FS6. The minimum atomic E-state index is -0.294. The predicted octanol–water partition coefficient (Wildman–Crippen LogP) is 10.2. The van der Waals surface area contributed by atoms with Gasteiger partial charge >= 0.3 is 0 Å². The van der Waals surface area contributed by atoms with Crippen LogP contribution in [0.25, 0.3) is 0 Å². The molecule has 0 radical (unpaired) electrons. The zero-order valence-electron chi connectivity index (χ0n) is 18.7. The van der Waals surface area contributed by atoms with E-state index in [0.29, 0.717) is 15.6 Å². The van der Waals surface area contributed by atoms with E-state index in [1.165, 1.54) is 68.6 Å².